The molecule has 28 heavy (non-hydrogen) atoms. The SMILES string of the molecule is OCc1noc(-c2nnc3[nH]ccc3c2NC2[C@@H]3CC4C[C@H]2CC(O)(C4)C3)n1. The van der Waals surface area contributed by atoms with Gasteiger partial charge in [0, 0.05) is 17.6 Å². The van der Waals surface area contributed by atoms with Crippen molar-refractivity contribution in [1.29, 1.82) is 0 Å². The molecule has 4 N–H and O–H groups in total. The Morgan fingerprint density at radius 3 is 2.75 bits per heavy atom. The van der Waals surface area contributed by atoms with Crippen LogP contribution in [0.15, 0.2) is 16.8 Å². The second-order valence-corrected chi connectivity index (χ2v) is 8.70. The van der Waals surface area contributed by atoms with Gasteiger partial charge < -0.3 is 25.0 Å². The van der Waals surface area contributed by atoms with E-state index in [4.69, 9.17) is 4.52 Å². The molecule has 146 valence electrons. The molecule has 4 fully saturated rings. The second-order valence-electron chi connectivity index (χ2n) is 8.70. The number of hydrogen-bond donors (Lipinski definition) is 4. The first kappa shape index (κ1) is 16.4. The molecular formula is C19H22N6O3. The summed E-state index contributed by atoms with van der Waals surface area (Å²) in [5.41, 5.74) is 1.53. The van der Waals surface area contributed by atoms with Crippen LogP contribution >= 0.6 is 0 Å². The Balaban J connectivity index is 1.42. The van der Waals surface area contributed by atoms with Crippen LogP contribution in [0.2, 0.25) is 0 Å². The first-order valence-electron chi connectivity index (χ1n) is 9.88. The molecule has 4 bridgehead atoms. The van der Waals surface area contributed by atoms with E-state index in [0.29, 0.717) is 29.1 Å². The molecule has 0 amide bonds. The van der Waals surface area contributed by atoms with Gasteiger partial charge in [0.25, 0.3) is 5.89 Å². The lowest BCUT2D eigenvalue weighted by molar-refractivity contribution is -0.129. The first-order chi connectivity index (χ1) is 13.6. The van der Waals surface area contributed by atoms with E-state index >= 15 is 0 Å². The Morgan fingerprint density at radius 1 is 1.21 bits per heavy atom. The van der Waals surface area contributed by atoms with Crippen LogP contribution in [0.4, 0.5) is 5.69 Å². The summed E-state index contributed by atoms with van der Waals surface area (Å²) in [7, 11) is 0. The van der Waals surface area contributed by atoms with E-state index in [1.54, 1.807) is 0 Å². The van der Waals surface area contributed by atoms with Gasteiger partial charge in [-0.15, -0.1) is 10.2 Å². The average molecular weight is 382 g/mol. The number of nitrogens with zero attached hydrogens (tertiary/aromatic N) is 4. The highest BCUT2D eigenvalue weighted by molar-refractivity contribution is 5.95. The highest BCUT2D eigenvalue weighted by Gasteiger charge is 2.54. The van der Waals surface area contributed by atoms with Crippen molar-refractivity contribution in [2.45, 2.75) is 50.4 Å². The minimum atomic E-state index is -0.472. The Morgan fingerprint density at radius 2 is 2.04 bits per heavy atom. The third-order valence-electron chi connectivity index (χ3n) is 6.85. The van der Waals surface area contributed by atoms with Crippen molar-refractivity contribution in [1.82, 2.24) is 25.3 Å². The number of anilines is 1. The van der Waals surface area contributed by atoms with Crippen LogP contribution in [0.1, 0.15) is 37.9 Å². The third kappa shape index (κ3) is 2.39. The van der Waals surface area contributed by atoms with Crippen LogP contribution in [0.25, 0.3) is 22.6 Å². The molecule has 3 aromatic rings. The molecule has 9 heteroatoms. The molecular weight excluding hydrogens is 360 g/mol. The molecule has 0 radical (unpaired) electrons. The minimum absolute atomic E-state index is 0.216. The predicted molar refractivity (Wildman–Crippen MR) is 99.0 cm³/mol. The van der Waals surface area contributed by atoms with E-state index in [0.717, 1.165) is 43.2 Å². The van der Waals surface area contributed by atoms with Gasteiger partial charge in [0.15, 0.2) is 17.2 Å². The molecule has 9 nitrogen and oxygen atoms in total. The molecule has 7 rings (SSSR count). The van der Waals surface area contributed by atoms with Crippen LogP contribution < -0.4 is 5.32 Å². The van der Waals surface area contributed by atoms with Gasteiger partial charge in [-0.1, -0.05) is 5.16 Å². The average Bonchev–Trinajstić information content (AvgIpc) is 3.32. The number of aromatic nitrogens is 5. The third-order valence-corrected chi connectivity index (χ3v) is 6.85. The van der Waals surface area contributed by atoms with Gasteiger partial charge in [0.2, 0.25) is 0 Å². The molecule has 4 aliphatic carbocycles. The summed E-state index contributed by atoms with van der Waals surface area (Å²) >= 11 is 0. The maximum absolute atomic E-state index is 10.9. The van der Waals surface area contributed by atoms with E-state index in [2.05, 4.69) is 30.6 Å². The van der Waals surface area contributed by atoms with E-state index in [9.17, 15) is 10.2 Å². The summed E-state index contributed by atoms with van der Waals surface area (Å²) in [6.45, 7) is -0.293. The summed E-state index contributed by atoms with van der Waals surface area (Å²) in [5, 5.41) is 37.1. The monoisotopic (exact) mass is 382 g/mol. The Bertz CT molecular complexity index is 1030. The van der Waals surface area contributed by atoms with Crippen LogP contribution in [-0.2, 0) is 6.61 Å². The van der Waals surface area contributed by atoms with Crippen LogP contribution in [0.3, 0.4) is 0 Å². The number of fused-ring (bicyclic) bond motifs is 1. The molecule has 0 aromatic carbocycles. The fourth-order valence-electron chi connectivity index (χ4n) is 6.02. The predicted octanol–water partition coefficient (Wildman–Crippen LogP) is 1.85. The highest BCUT2D eigenvalue weighted by atomic mass is 16.5. The van der Waals surface area contributed by atoms with Gasteiger partial charge >= 0.3 is 0 Å². The van der Waals surface area contributed by atoms with Gasteiger partial charge in [0.05, 0.1) is 11.3 Å². The standard InChI is InChI=1S/C19H22N6O3/c26-8-13-21-18(28-25-13)16-15(12-1-2-20-17(12)24-23-16)22-14-10-3-9-4-11(14)7-19(27,5-9)6-10/h1-2,9-11,14,26-27H,3-8H2,(H2,20,22,24)/t9?,10-,11+,14?,19?. The van der Waals surface area contributed by atoms with Crippen molar-refractivity contribution >= 4 is 16.7 Å². The van der Waals surface area contributed by atoms with Crippen molar-refractivity contribution in [3.63, 3.8) is 0 Å². The quantitative estimate of drug-likeness (QED) is 0.537. The fourth-order valence-corrected chi connectivity index (χ4v) is 6.02. The summed E-state index contributed by atoms with van der Waals surface area (Å²) in [6, 6.07) is 2.24. The summed E-state index contributed by atoms with van der Waals surface area (Å²) in [6.07, 6.45) is 6.84. The van der Waals surface area contributed by atoms with Crippen molar-refractivity contribution in [2.24, 2.45) is 17.8 Å². The number of rotatable bonds is 4. The Kier molecular flexibility index (Phi) is 3.37. The lowest BCUT2D eigenvalue weighted by Crippen LogP contribution is -2.59. The van der Waals surface area contributed by atoms with Gasteiger partial charge in [-0.25, -0.2) is 0 Å². The van der Waals surface area contributed by atoms with E-state index in [1.807, 2.05) is 12.3 Å². The maximum atomic E-state index is 10.9. The Hall–Kier alpha value is -2.52. The van der Waals surface area contributed by atoms with Crippen molar-refractivity contribution < 1.29 is 14.7 Å². The number of aliphatic hydroxyl groups is 2. The zero-order chi connectivity index (χ0) is 18.9. The van der Waals surface area contributed by atoms with Crippen molar-refractivity contribution in [3.8, 4) is 11.6 Å². The largest absolute Gasteiger partial charge is 0.390 e. The second kappa shape index (κ2) is 5.74. The molecule has 0 saturated heterocycles. The fraction of sp³-hybridized carbons (Fsp3) is 0.579. The van der Waals surface area contributed by atoms with E-state index in [-0.39, 0.29) is 24.4 Å². The summed E-state index contributed by atoms with van der Waals surface area (Å²) < 4.78 is 5.32. The van der Waals surface area contributed by atoms with Gasteiger partial charge in [-0.05, 0) is 55.9 Å². The van der Waals surface area contributed by atoms with Crippen LogP contribution in [0, 0.1) is 17.8 Å². The molecule has 4 aliphatic rings. The molecule has 0 spiro atoms. The topological polar surface area (TPSA) is 133 Å². The highest BCUT2D eigenvalue weighted by Crippen LogP contribution is 2.56. The van der Waals surface area contributed by atoms with Crippen LogP contribution in [-0.4, -0.2) is 47.2 Å². The maximum Gasteiger partial charge on any atom is 0.280 e. The minimum Gasteiger partial charge on any atom is -0.390 e. The van der Waals surface area contributed by atoms with Gasteiger partial charge in [0.1, 0.15) is 6.61 Å². The van der Waals surface area contributed by atoms with E-state index < -0.39 is 5.60 Å². The number of hydrogen-bond acceptors (Lipinski definition) is 8. The molecule has 5 atom stereocenters. The number of aliphatic hydroxyl groups excluding tert-OH is 1. The number of aromatic amines is 1. The summed E-state index contributed by atoms with van der Waals surface area (Å²) in [4.78, 5) is 7.33. The summed E-state index contributed by atoms with van der Waals surface area (Å²) in [5.74, 6) is 1.99. The lowest BCUT2D eigenvalue weighted by Gasteiger charge is -2.58. The smallest absolute Gasteiger partial charge is 0.280 e. The van der Waals surface area contributed by atoms with Gasteiger partial charge in [-0.3, -0.25) is 0 Å². The molecule has 3 heterocycles. The first-order valence-corrected chi connectivity index (χ1v) is 9.88. The zero-order valence-electron chi connectivity index (χ0n) is 15.3. The molecule has 4 saturated carbocycles. The lowest BCUT2D eigenvalue weighted by atomic mass is 9.52. The zero-order valence-corrected chi connectivity index (χ0v) is 15.3. The molecule has 0 aliphatic heterocycles. The number of nitrogens with one attached hydrogen (secondary N) is 2. The normalized spacial score (nSPS) is 33.6. The van der Waals surface area contributed by atoms with E-state index in [1.165, 1.54) is 0 Å². The Labute approximate surface area is 160 Å². The molecule has 3 unspecified atom stereocenters. The van der Waals surface area contributed by atoms with Crippen LogP contribution in [0.5, 0.6) is 0 Å². The van der Waals surface area contributed by atoms with Gasteiger partial charge in [-0.2, -0.15) is 4.98 Å². The van der Waals surface area contributed by atoms with Crippen molar-refractivity contribution in [3.05, 3.63) is 18.1 Å². The van der Waals surface area contributed by atoms with Crippen molar-refractivity contribution in [2.75, 3.05) is 5.32 Å². The molecule has 3 aromatic heterocycles. The number of H-pyrrole nitrogens is 1.